The summed E-state index contributed by atoms with van der Waals surface area (Å²) in [6.07, 6.45) is 7.11. The van der Waals surface area contributed by atoms with Crippen LogP contribution in [0.3, 0.4) is 0 Å². The molecule has 1 atom stereocenters. The van der Waals surface area contributed by atoms with Gasteiger partial charge >= 0.3 is 0 Å². The molecule has 33 heavy (non-hydrogen) atoms. The van der Waals surface area contributed by atoms with Crippen LogP contribution in [-0.4, -0.2) is 68.7 Å². The van der Waals surface area contributed by atoms with E-state index in [1.54, 1.807) is 4.68 Å². The van der Waals surface area contributed by atoms with E-state index in [0.29, 0.717) is 5.56 Å². The normalized spacial score (nSPS) is 16.1. The number of nitrogens with zero attached hydrogens (tertiary/aromatic N) is 6. The van der Waals surface area contributed by atoms with Gasteiger partial charge in [0.25, 0.3) is 5.91 Å². The number of nitrogens with one attached hydrogen (secondary N) is 1. The maximum absolute atomic E-state index is 13.0. The van der Waals surface area contributed by atoms with E-state index in [4.69, 9.17) is 4.98 Å². The van der Waals surface area contributed by atoms with Gasteiger partial charge in [0.05, 0.1) is 17.6 Å². The highest BCUT2D eigenvalue weighted by molar-refractivity contribution is 5.94. The Morgan fingerprint density at radius 3 is 2.42 bits per heavy atom. The molecule has 1 N–H and O–H groups in total. The first kappa shape index (κ1) is 21.2. The van der Waals surface area contributed by atoms with Crippen LogP contribution in [0.4, 0.5) is 0 Å². The molecule has 1 aromatic carbocycles. The monoisotopic (exact) mass is 441 g/mol. The number of hydrogen-bond donors (Lipinski definition) is 1. The molecule has 3 aromatic heterocycles. The predicted octanol–water partition coefficient (Wildman–Crippen LogP) is 2.71. The number of hydrogen-bond acceptors (Lipinski definition) is 6. The first-order valence-corrected chi connectivity index (χ1v) is 11.1. The fraction of sp³-hybridized carbons (Fsp3) is 0.280. The van der Waals surface area contributed by atoms with Gasteiger partial charge in [-0.05, 0) is 36.7 Å². The number of aryl methyl sites for hydroxylation is 1. The van der Waals surface area contributed by atoms with Crippen molar-refractivity contribution in [2.24, 2.45) is 7.05 Å². The van der Waals surface area contributed by atoms with E-state index >= 15 is 0 Å². The van der Waals surface area contributed by atoms with Gasteiger partial charge in [0.2, 0.25) is 0 Å². The van der Waals surface area contributed by atoms with E-state index in [9.17, 15) is 4.79 Å². The second-order valence-electron chi connectivity index (χ2n) is 8.51. The average Bonchev–Trinajstić information content (AvgIpc) is 3.29. The molecule has 0 saturated carbocycles. The second-order valence-corrected chi connectivity index (χ2v) is 8.51. The number of carbonyl (C=O) groups excluding carboxylic acids is 1. The fourth-order valence-electron chi connectivity index (χ4n) is 4.15. The molecule has 0 bridgehead atoms. The lowest BCUT2D eigenvalue weighted by Gasteiger charge is -2.38. The van der Waals surface area contributed by atoms with Crippen molar-refractivity contribution in [2.75, 3.05) is 33.2 Å². The van der Waals surface area contributed by atoms with Crippen LogP contribution in [-0.2, 0) is 7.05 Å². The third kappa shape index (κ3) is 4.62. The molecule has 1 saturated heterocycles. The van der Waals surface area contributed by atoms with E-state index in [2.05, 4.69) is 44.4 Å². The summed E-state index contributed by atoms with van der Waals surface area (Å²) in [4.78, 5) is 26.9. The Labute approximate surface area is 192 Å². The van der Waals surface area contributed by atoms with Crippen LogP contribution in [0.5, 0.6) is 0 Å². The molecule has 0 aliphatic carbocycles. The van der Waals surface area contributed by atoms with Crippen LogP contribution in [0.2, 0.25) is 0 Å². The smallest absolute Gasteiger partial charge is 0.252 e. The molecule has 1 aliphatic heterocycles. The summed E-state index contributed by atoms with van der Waals surface area (Å²) < 4.78 is 1.77. The van der Waals surface area contributed by atoms with Gasteiger partial charge in [-0.25, -0.2) is 0 Å². The molecular formula is C25H27N7O. The summed E-state index contributed by atoms with van der Waals surface area (Å²) >= 11 is 0. The van der Waals surface area contributed by atoms with Gasteiger partial charge in [-0.2, -0.15) is 5.10 Å². The highest BCUT2D eigenvalue weighted by Gasteiger charge is 2.27. The maximum Gasteiger partial charge on any atom is 0.252 e. The standard InChI is InChI=1S/C25H27N7O/c1-30-8-10-32(11-9-30)24(29-25(33)18-6-4-3-5-7-18)23-13-19-12-22(21-16-28-31(2)17-21)26-14-20(19)15-27-23/h3-7,12-17,24H,8-11H2,1-2H3,(H,29,33). The van der Waals surface area contributed by atoms with Crippen LogP contribution in [0.1, 0.15) is 22.2 Å². The van der Waals surface area contributed by atoms with E-state index < -0.39 is 0 Å². The van der Waals surface area contributed by atoms with Crippen molar-refractivity contribution in [1.29, 1.82) is 0 Å². The Morgan fingerprint density at radius 2 is 1.70 bits per heavy atom. The third-order valence-corrected chi connectivity index (χ3v) is 6.11. The highest BCUT2D eigenvalue weighted by Crippen LogP contribution is 2.25. The van der Waals surface area contributed by atoms with E-state index in [1.165, 1.54) is 0 Å². The second kappa shape index (κ2) is 9.09. The lowest BCUT2D eigenvalue weighted by atomic mass is 10.1. The summed E-state index contributed by atoms with van der Waals surface area (Å²) in [5.41, 5.74) is 3.28. The number of carbonyl (C=O) groups is 1. The van der Waals surface area contributed by atoms with Crippen molar-refractivity contribution in [3.63, 3.8) is 0 Å². The van der Waals surface area contributed by atoms with Gasteiger partial charge in [-0.1, -0.05) is 18.2 Å². The summed E-state index contributed by atoms with van der Waals surface area (Å²) in [5, 5.41) is 9.47. The van der Waals surface area contributed by atoms with Crippen molar-refractivity contribution in [1.82, 2.24) is 34.9 Å². The Kier molecular flexibility index (Phi) is 5.85. The number of fused-ring (bicyclic) bond motifs is 1. The molecule has 1 aliphatic rings. The Bertz CT molecular complexity index is 1260. The van der Waals surface area contributed by atoms with Crippen LogP contribution in [0.25, 0.3) is 22.0 Å². The molecule has 1 amide bonds. The van der Waals surface area contributed by atoms with Gasteiger partial charge in [-0.3, -0.25) is 24.3 Å². The number of rotatable bonds is 5. The topological polar surface area (TPSA) is 79.2 Å². The molecule has 1 fully saturated rings. The van der Waals surface area contributed by atoms with Crippen molar-refractivity contribution >= 4 is 16.7 Å². The molecule has 4 aromatic rings. The van der Waals surface area contributed by atoms with Gasteiger partial charge < -0.3 is 10.2 Å². The number of piperazine rings is 1. The molecule has 0 spiro atoms. The van der Waals surface area contributed by atoms with E-state index in [0.717, 1.165) is 53.9 Å². The predicted molar refractivity (Wildman–Crippen MR) is 127 cm³/mol. The van der Waals surface area contributed by atoms with Crippen molar-refractivity contribution in [2.45, 2.75) is 6.17 Å². The number of amides is 1. The Morgan fingerprint density at radius 1 is 0.939 bits per heavy atom. The average molecular weight is 442 g/mol. The van der Waals surface area contributed by atoms with Crippen molar-refractivity contribution in [3.05, 3.63) is 78.5 Å². The number of benzene rings is 1. The van der Waals surface area contributed by atoms with E-state index in [-0.39, 0.29) is 12.1 Å². The lowest BCUT2D eigenvalue weighted by molar-refractivity contribution is 0.0709. The fourth-order valence-corrected chi connectivity index (χ4v) is 4.15. The summed E-state index contributed by atoms with van der Waals surface area (Å²) in [7, 11) is 4.01. The first-order valence-electron chi connectivity index (χ1n) is 11.1. The SMILES string of the molecule is CN1CCN(C(NC(=O)c2ccccc2)c2cc3cc(-c4cnn(C)c4)ncc3cn2)CC1. The zero-order chi connectivity index (χ0) is 22.8. The summed E-state index contributed by atoms with van der Waals surface area (Å²) in [6, 6.07) is 13.4. The first-order chi connectivity index (χ1) is 16.1. The number of likely N-dealkylation sites (N-methyl/N-ethyl adjacent to an activating group) is 1. The number of pyridine rings is 2. The largest absolute Gasteiger partial charge is 0.331 e. The summed E-state index contributed by atoms with van der Waals surface area (Å²) in [6.45, 7) is 3.60. The lowest BCUT2D eigenvalue weighted by Crippen LogP contribution is -2.50. The highest BCUT2D eigenvalue weighted by atomic mass is 16.1. The van der Waals surface area contributed by atoms with Crippen molar-refractivity contribution < 1.29 is 4.79 Å². The number of aromatic nitrogens is 4. The quantitative estimate of drug-likeness (QED) is 0.513. The van der Waals surface area contributed by atoms with Crippen molar-refractivity contribution in [3.8, 4) is 11.3 Å². The van der Waals surface area contributed by atoms with Gasteiger partial charge in [0.15, 0.2) is 0 Å². The molecule has 168 valence electrons. The molecule has 5 rings (SSSR count). The van der Waals surface area contributed by atoms with Gasteiger partial charge in [-0.15, -0.1) is 0 Å². The minimum absolute atomic E-state index is 0.104. The van der Waals surface area contributed by atoms with Crippen LogP contribution in [0, 0.1) is 0 Å². The molecule has 8 heteroatoms. The minimum atomic E-state index is -0.314. The Balaban J connectivity index is 1.50. The Hall–Kier alpha value is -3.62. The molecule has 4 heterocycles. The van der Waals surface area contributed by atoms with Crippen LogP contribution in [0.15, 0.2) is 67.3 Å². The summed E-state index contributed by atoms with van der Waals surface area (Å²) in [5.74, 6) is -0.104. The zero-order valence-electron chi connectivity index (χ0n) is 18.8. The molecule has 8 nitrogen and oxygen atoms in total. The molecule has 0 radical (unpaired) electrons. The van der Waals surface area contributed by atoms with Gasteiger partial charge in [0, 0.05) is 68.3 Å². The van der Waals surface area contributed by atoms with Crippen LogP contribution >= 0.6 is 0 Å². The molecule has 1 unspecified atom stereocenters. The zero-order valence-corrected chi connectivity index (χ0v) is 18.8. The third-order valence-electron chi connectivity index (χ3n) is 6.11. The minimum Gasteiger partial charge on any atom is -0.331 e. The van der Waals surface area contributed by atoms with Crippen LogP contribution < -0.4 is 5.32 Å². The molecular weight excluding hydrogens is 414 g/mol. The van der Waals surface area contributed by atoms with Gasteiger partial charge in [0.1, 0.15) is 6.17 Å². The maximum atomic E-state index is 13.0. The van der Waals surface area contributed by atoms with E-state index in [1.807, 2.05) is 62.2 Å².